The molecule has 0 amide bonds. The molecule has 0 fully saturated rings. The highest BCUT2D eigenvalue weighted by Gasteiger charge is 2.13. The van der Waals surface area contributed by atoms with Gasteiger partial charge in [0.1, 0.15) is 11.4 Å². The SMILES string of the molecule is CCc1cc(Cl)c(O)c(-c2cc(N)on2)c1. The second kappa shape index (κ2) is 4.06. The van der Waals surface area contributed by atoms with Crippen LogP contribution in [0.25, 0.3) is 11.3 Å². The molecular formula is C11H11ClN2O2. The zero-order chi connectivity index (χ0) is 11.7. The van der Waals surface area contributed by atoms with Crippen molar-refractivity contribution < 1.29 is 9.63 Å². The molecule has 3 N–H and O–H groups in total. The van der Waals surface area contributed by atoms with Crippen LogP contribution in [-0.2, 0) is 6.42 Å². The molecule has 0 unspecified atom stereocenters. The van der Waals surface area contributed by atoms with E-state index in [1.807, 2.05) is 13.0 Å². The molecule has 0 aliphatic carbocycles. The molecule has 0 spiro atoms. The molecule has 5 heteroatoms. The lowest BCUT2D eigenvalue weighted by Crippen LogP contribution is -1.86. The van der Waals surface area contributed by atoms with Gasteiger partial charge in [0.25, 0.3) is 0 Å². The number of halogens is 1. The molecule has 1 heterocycles. The number of aryl methyl sites for hydroxylation is 1. The van der Waals surface area contributed by atoms with Gasteiger partial charge in [0.2, 0.25) is 5.88 Å². The third-order valence-corrected chi connectivity index (χ3v) is 2.62. The molecule has 1 aromatic heterocycles. The highest BCUT2D eigenvalue weighted by molar-refractivity contribution is 6.32. The molecule has 2 rings (SSSR count). The Morgan fingerprint density at radius 3 is 2.75 bits per heavy atom. The predicted molar refractivity (Wildman–Crippen MR) is 62.4 cm³/mol. The Labute approximate surface area is 97.6 Å². The number of aromatic nitrogens is 1. The molecule has 1 aromatic carbocycles. The second-order valence-corrected chi connectivity index (χ2v) is 3.85. The monoisotopic (exact) mass is 238 g/mol. The lowest BCUT2D eigenvalue weighted by molar-refractivity contribution is 0.437. The fourth-order valence-corrected chi connectivity index (χ4v) is 1.71. The summed E-state index contributed by atoms with van der Waals surface area (Å²) in [5.74, 6) is 0.194. The summed E-state index contributed by atoms with van der Waals surface area (Å²) in [5.41, 5.74) is 7.46. The summed E-state index contributed by atoms with van der Waals surface area (Å²) >= 11 is 5.91. The third-order valence-electron chi connectivity index (χ3n) is 2.34. The van der Waals surface area contributed by atoms with Crippen LogP contribution >= 0.6 is 11.6 Å². The van der Waals surface area contributed by atoms with Crippen LogP contribution in [0.2, 0.25) is 5.02 Å². The Morgan fingerprint density at radius 2 is 2.19 bits per heavy atom. The van der Waals surface area contributed by atoms with Crippen molar-refractivity contribution in [3.05, 3.63) is 28.8 Å². The summed E-state index contributed by atoms with van der Waals surface area (Å²) in [4.78, 5) is 0. The number of benzene rings is 1. The summed E-state index contributed by atoms with van der Waals surface area (Å²) in [6, 6.07) is 5.09. The number of nitrogen functional groups attached to an aromatic ring is 1. The van der Waals surface area contributed by atoms with Crippen LogP contribution in [0.3, 0.4) is 0 Å². The van der Waals surface area contributed by atoms with Crippen molar-refractivity contribution in [1.29, 1.82) is 0 Å². The molecule has 4 nitrogen and oxygen atoms in total. The first-order chi connectivity index (χ1) is 7.61. The first kappa shape index (κ1) is 10.8. The first-order valence-corrected chi connectivity index (χ1v) is 5.23. The van der Waals surface area contributed by atoms with E-state index in [2.05, 4.69) is 5.16 Å². The summed E-state index contributed by atoms with van der Waals surface area (Å²) in [5, 5.41) is 13.9. The largest absolute Gasteiger partial charge is 0.506 e. The van der Waals surface area contributed by atoms with Gasteiger partial charge in [0.05, 0.1) is 5.02 Å². The van der Waals surface area contributed by atoms with Crippen LogP contribution in [-0.4, -0.2) is 10.3 Å². The molecule has 0 aliphatic heterocycles. The Hall–Kier alpha value is -1.68. The maximum absolute atomic E-state index is 9.83. The fraction of sp³-hybridized carbons (Fsp3) is 0.182. The van der Waals surface area contributed by atoms with E-state index in [0.717, 1.165) is 12.0 Å². The Balaban J connectivity index is 2.59. The number of rotatable bonds is 2. The summed E-state index contributed by atoms with van der Waals surface area (Å²) in [6.45, 7) is 2.00. The van der Waals surface area contributed by atoms with E-state index in [0.29, 0.717) is 16.3 Å². The first-order valence-electron chi connectivity index (χ1n) is 4.85. The van der Waals surface area contributed by atoms with Crippen LogP contribution in [0.4, 0.5) is 5.88 Å². The van der Waals surface area contributed by atoms with E-state index in [1.54, 1.807) is 12.1 Å². The zero-order valence-corrected chi connectivity index (χ0v) is 9.45. The normalized spacial score (nSPS) is 10.6. The van der Waals surface area contributed by atoms with E-state index in [1.165, 1.54) is 0 Å². The van der Waals surface area contributed by atoms with Gasteiger partial charge in [-0.1, -0.05) is 23.7 Å². The van der Waals surface area contributed by atoms with Gasteiger partial charge < -0.3 is 15.4 Å². The number of aromatic hydroxyl groups is 1. The van der Waals surface area contributed by atoms with Crippen molar-refractivity contribution in [2.45, 2.75) is 13.3 Å². The fourth-order valence-electron chi connectivity index (χ4n) is 1.47. The van der Waals surface area contributed by atoms with Crippen molar-refractivity contribution in [3.8, 4) is 17.0 Å². The molecule has 0 aliphatic rings. The molecule has 2 aromatic rings. The molecule has 16 heavy (non-hydrogen) atoms. The van der Waals surface area contributed by atoms with E-state index in [9.17, 15) is 5.11 Å². The minimum Gasteiger partial charge on any atom is -0.506 e. The zero-order valence-electron chi connectivity index (χ0n) is 8.70. The average molecular weight is 239 g/mol. The minimum absolute atomic E-state index is 0.00725. The van der Waals surface area contributed by atoms with Gasteiger partial charge in [-0.3, -0.25) is 0 Å². The second-order valence-electron chi connectivity index (χ2n) is 3.44. The van der Waals surface area contributed by atoms with Crippen molar-refractivity contribution in [3.63, 3.8) is 0 Å². The van der Waals surface area contributed by atoms with Gasteiger partial charge in [-0.15, -0.1) is 0 Å². The van der Waals surface area contributed by atoms with Crippen molar-refractivity contribution >= 4 is 17.5 Å². The number of phenolic OH excluding ortho intramolecular Hbond substituents is 1. The molecule has 0 atom stereocenters. The lowest BCUT2D eigenvalue weighted by Gasteiger charge is -2.05. The quantitative estimate of drug-likeness (QED) is 0.844. The van der Waals surface area contributed by atoms with Crippen LogP contribution in [0.15, 0.2) is 22.7 Å². The standard InChI is InChI=1S/C11H11ClN2O2/c1-2-6-3-7(11(15)8(12)4-6)9-5-10(13)16-14-9/h3-5,15H,2,13H2,1H3. The summed E-state index contributed by atoms with van der Waals surface area (Å²) in [6.07, 6.45) is 0.820. The lowest BCUT2D eigenvalue weighted by atomic mass is 10.1. The molecule has 84 valence electrons. The maximum Gasteiger partial charge on any atom is 0.222 e. The van der Waals surface area contributed by atoms with Crippen LogP contribution in [0, 0.1) is 0 Å². The molecule has 0 radical (unpaired) electrons. The minimum atomic E-state index is -0.00725. The molecule has 0 saturated carbocycles. The van der Waals surface area contributed by atoms with E-state index in [4.69, 9.17) is 21.9 Å². The van der Waals surface area contributed by atoms with Gasteiger partial charge in [0.15, 0.2) is 0 Å². The number of hydrogen-bond donors (Lipinski definition) is 2. The van der Waals surface area contributed by atoms with Crippen LogP contribution < -0.4 is 5.73 Å². The summed E-state index contributed by atoms with van der Waals surface area (Å²) < 4.78 is 4.76. The number of hydrogen-bond acceptors (Lipinski definition) is 4. The van der Waals surface area contributed by atoms with Gasteiger partial charge in [-0.25, -0.2) is 0 Å². The highest BCUT2D eigenvalue weighted by Crippen LogP contribution is 2.36. The van der Waals surface area contributed by atoms with Gasteiger partial charge in [-0.05, 0) is 24.1 Å². The van der Waals surface area contributed by atoms with Crippen molar-refractivity contribution in [2.24, 2.45) is 0 Å². The van der Waals surface area contributed by atoms with E-state index < -0.39 is 0 Å². The summed E-state index contributed by atoms with van der Waals surface area (Å²) in [7, 11) is 0. The van der Waals surface area contributed by atoms with Crippen LogP contribution in [0.5, 0.6) is 5.75 Å². The van der Waals surface area contributed by atoms with Gasteiger partial charge in [-0.2, -0.15) is 0 Å². The van der Waals surface area contributed by atoms with Crippen LogP contribution in [0.1, 0.15) is 12.5 Å². The average Bonchev–Trinajstić information content (AvgIpc) is 2.68. The number of nitrogens with zero attached hydrogens (tertiary/aromatic N) is 1. The van der Waals surface area contributed by atoms with Gasteiger partial charge >= 0.3 is 0 Å². The maximum atomic E-state index is 9.83. The smallest absolute Gasteiger partial charge is 0.222 e. The van der Waals surface area contributed by atoms with Crippen molar-refractivity contribution in [2.75, 3.05) is 5.73 Å². The Bertz CT molecular complexity index is 523. The molecule has 0 saturated heterocycles. The number of anilines is 1. The molecule has 0 bridgehead atoms. The topological polar surface area (TPSA) is 72.3 Å². The Kier molecular flexibility index (Phi) is 2.75. The Morgan fingerprint density at radius 1 is 1.44 bits per heavy atom. The predicted octanol–water partition coefficient (Wildman–Crippen LogP) is 2.85. The number of phenols is 1. The highest BCUT2D eigenvalue weighted by atomic mass is 35.5. The molecular weight excluding hydrogens is 228 g/mol. The van der Waals surface area contributed by atoms with E-state index in [-0.39, 0.29) is 11.6 Å². The third kappa shape index (κ3) is 1.84. The number of nitrogens with two attached hydrogens (primary N) is 1. The van der Waals surface area contributed by atoms with Crippen molar-refractivity contribution in [1.82, 2.24) is 5.16 Å². The van der Waals surface area contributed by atoms with Gasteiger partial charge in [0, 0.05) is 11.6 Å². The van der Waals surface area contributed by atoms with E-state index >= 15 is 0 Å².